The molecule has 1 aliphatic carbocycles. The number of nitrogens with one attached hydrogen (secondary N) is 1. The molecule has 1 aliphatic rings. The van der Waals surface area contributed by atoms with Crippen LogP contribution in [-0.2, 0) is 7.05 Å². The lowest BCUT2D eigenvalue weighted by Crippen LogP contribution is -2.44. The van der Waals surface area contributed by atoms with Crippen LogP contribution in [0, 0.1) is 17.8 Å². The van der Waals surface area contributed by atoms with Crippen LogP contribution in [0.4, 0.5) is 0 Å². The SMILES string of the molecule is CC1CCC(C(C)C)C(NC(C)c2nccn2C)C1. The highest BCUT2D eigenvalue weighted by atomic mass is 15.1. The Balaban J connectivity index is 2.04. The van der Waals surface area contributed by atoms with Crippen molar-refractivity contribution in [2.45, 2.75) is 59.0 Å². The van der Waals surface area contributed by atoms with E-state index in [-0.39, 0.29) is 0 Å². The van der Waals surface area contributed by atoms with Crippen LogP contribution in [0.25, 0.3) is 0 Å². The van der Waals surface area contributed by atoms with Gasteiger partial charge in [0.2, 0.25) is 0 Å². The molecule has 4 atom stereocenters. The molecule has 108 valence electrons. The second kappa shape index (κ2) is 6.08. The molecule has 3 heteroatoms. The summed E-state index contributed by atoms with van der Waals surface area (Å²) in [6.45, 7) is 9.34. The molecule has 1 N–H and O–H groups in total. The highest BCUT2D eigenvalue weighted by Gasteiger charge is 2.31. The zero-order valence-corrected chi connectivity index (χ0v) is 13.1. The van der Waals surface area contributed by atoms with Crippen molar-refractivity contribution in [2.24, 2.45) is 24.8 Å². The Kier molecular flexibility index (Phi) is 4.67. The van der Waals surface area contributed by atoms with E-state index in [1.54, 1.807) is 0 Å². The molecule has 0 amide bonds. The molecule has 1 fully saturated rings. The highest BCUT2D eigenvalue weighted by molar-refractivity contribution is 4.99. The average Bonchev–Trinajstić information content (AvgIpc) is 2.75. The molecule has 2 rings (SSSR count). The summed E-state index contributed by atoms with van der Waals surface area (Å²) < 4.78 is 2.12. The zero-order valence-electron chi connectivity index (χ0n) is 13.1. The van der Waals surface area contributed by atoms with Crippen molar-refractivity contribution in [1.82, 2.24) is 14.9 Å². The van der Waals surface area contributed by atoms with Crippen molar-refractivity contribution in [3.8, 4) is 0 Å². The summed E-state index contributed by atoms with van der Waals surface area (Å²) in [7, 11) is 2.07. The number of hydrogen-bond donors (Lipinski definition) is 1. The Bertz CT molecular complexity index is 396. The standard InChI is InChI=1S/C16H29N3/c1-11(2)14-7-6-12(3)10-15(14)18-13(4)16-17-8-9-19(16)5/h8-9,11-15,18H,6-7,10H2,1-5H3. The fourth-order valence-electron chi connectivity index (χ4n) is 3.58. The maximum Gasteiger partial charge on any atom is 0.125 e. The predicted molar refractivity (Wildman–Crippen MR) is 79.9 cm³/mol. The van der Waals surface area contributed by atoms with Gasteiger partial charge < -0.3 is 9.88 Å². The van der Waals surface area contributed by atoms with E-state index >= 15 is 0 Å². The molecule has 0 saturated heterocycles. The lowest BCUT2D eigenvalue weighted by molar-refractivity contribution is 0.159. The average molecular weight is 263 g/mol. The van der Waals surface area contributed by atoms with E-state index < -0.39 is 0 Å². The molecule has 19 heavy (non-hydrogen) atoms. The van der Waals surface area contributed by atoms with Gasteiger partial charge in [-0.1, -0.05) is 27.2 Å². The van der Waals surface area contributed by atoms with E-state index in [0.717, 1.165) is 23.6 Å². The largest absolute Gasteiger partial charge is 0.337 e. The number of rotatable bonds is 4. The third-order valence-corrected chi connectivity index (χ3v) is 4.73. The van der Waals surface area contributed by atoms with E-state index in [9.17, 15) is 0 Å². The third kappa shape index (κ3) is 3.38. The Morgan fingerprint density at radius 3 is 2.63 bits per heavy atom. The fraction of sp³-hybridized carbons (Fsp3) is 0.812. The van der Waals surface area contributed by atoms with Crippen molar-refractivity contribution in [1.29, 1.82) is 0 Å². The topological polar surface area (TPSA) is 29.9 Å². The number of aromatic nitrogens is 2. The normalized spacial score (nSPS) is 29.7. The Labute approximate surface area is 117 Å². The summed E-state index contributed by atoms with van der Waals surface area (Å²) in [6.07, 6.45) is 7.97. The van der Waals surface area contributed by atoms with Crippen molar-refractivity contribution in [3.63, 3.8) is 0 Å². The summed E-state index contributed by atoms with van der Waals surface area (Å²) in [5.74, 6) is 3.55. The van der Waals surface area contributed by atoms with Crippen molar-refractivity contribution in [2.75, 3.05) is 0 Å². The number of imidazole rings is 1. The minimum atomic E-state index is 0.330. The quantitative estimate of drug-likeness (QED) is 0.900. The molecule has 3 nitrogen and oxygen atoms in total. The lowest BCUT2D eigenvalue weighted by Gasteiger charge is -2.39. The van der Waals surface area contributed by atoms with Gasteiger partial charge in [-0.3, -0.25) is 0 Å². The van der Waals surface area contributed by atoms with E-state index in [2.05, 4.69) is 49.6 Å². The van der Waals surface area contributed by atoms with Gasteiger partial charge in [0.15, 0.2) is 0 Å². The Morgan fingerprint density at radius 2 is 2.05 bits per heavy atom. The zero-order chi connectivity index (χ0) is 14.0. The van der Waals surface area contributed by atoms with Gasteiger partial charge in [-0.15, -0.1) is 0 Å². The van der Waals surface area contributed by atoms with Crippen LogP contribution in [0.1, 0.15) is 58.8 Å². The second-order valence-corrected chi connectivity index (χ2v) is 6.72. The first kappa shape index (κ1) is 14.6. The molecule has 0 radical (unpaired) electrons. The van der Waals surface area contributed by atoms with Crippen LogP contribution >= 0.6 is 0 Å². The maximum absolute atomic E-state index is 4.47. The first-order valence-corrected chi connectivity index (χ1v) is 7.72. The Hall–Kier alpha value is -0.830. The lowest BCUT2D eigenvalue weighted by atomic mass is 9.74. The van der Waals surface area contributed by atoms with Gasteiger partial charge in [-0.25, -0.2) is 4.98 Å². The van der Waals surface area contributed by atoms with Crippen molar-refractivity contribution in [3.05, 3.63) is 18.2 Å². The highest BCUT2D eigenvalue weighted by Crippen LogP contribution is 2.34. The van der Waals surface area contributed by atoms with Gasteiger partial charge in [-0.05, 0) is 37.5 Å². The molecular formula is C16H29N3. The number of hydrogen-bond acceptors (Lipinski definition) is 2. The first-order chi connectivity index (χ1) is 8.99. The second-order valence-electron chi connectivity index (χ2n) is 6.72. The van der Waals surface area contributed by atoms with Crippen LogP contribution in [0.3, 0.4) is 0 Å². The van der Waals surface area contributed by atoms with Crippen LogP contribution in [0.15, 0.2) is 12.4 Å². The summed E-state index contributed by atoms with van der Waals surface area (Å²) in [6, 6.07) is 0.965. The molecule has 1 saturated carbocycles. The van der Waals surface area contributed by atoms with Crippen molar-refractivity contribution >= 4 is 0 Å². The fourth-order valence-corrected chi connectivity index (χ4v) is 3.58. The van der Waals surface area contributed by atoms with Gasteiger partial charge in [0.25, 0.3) is 0 Å². The molecule has 1 aromatic rings. The van der Waals surface area contributed by atoms with Crippen molar-refractivity contribution < 1.29 is 0 Å². The van der Waals surface area contributed by atoms with Crippen LogP contribution in [0.5, 0.6) is 0 Å². The van der Waals surface area contributed by atoms with E-state index in [0.29, 0.717) is 12.1 Å². The molecule has 4 unspecified atom stereocenters. The van der Waals surface area contributed by atoms with Gasteiger partial charge in [0, 0.05) is 25.5 Å². The molecule has 0 spiro atoms. The number of nitrogens with zero attached hydrogens (tertiary/aromatic N) is 2. The first-order valence-electron chi connectivity index (χ1n) is 7.72. The monoisotopic (exact) mass is 263 g/mol. The molecule has 1 aromatic heterocycles. The van der Waals surface area contributed by atoms with E-state index in [4.69, 9.17) is 0 Å². The van der Waals surface area contributed by atoms with Gasteiger partial charge in [0.05, 0.1) is 6.04 Å². The summed E-state index contributed by atoms with van der Waals surface area (Å²) in [5.41, 5.74) is 0. The molecule has 0 aliphatic heterocycles. The maximum atomic E-state index is 4.47. The molecular weight excluding hydrogens is 234 g/mol. The van der Waals surface area contributed by atoms with Crippen LogP contribution in [0.2, 0.25) is 0 Å². The third-order valence-electron chi connectivity index (χ3n) is 4.73. The van der Waals surface area contributed by atoms with Gasteiger partial charge in [-0.2, -0.15) is 0 Å². The summed E-state index contributed by atoms with van der Waals surface area (Å²) in [5, 5.41) is 3.84. The van der Waals surface area contributed by atoms with Gasteiger partial charge >= 0.3 is 0 Å². The molecule has 0 aromatic carbocycles. The van der Waals surface area contributed by atoms with E-state index in [1.807, 2.05) is 12.4 Å². The molecule has 0 bridgehead atoms. The van der Waals surface area contributed by atoms with Gasteiger partial charge in [0.1, 0.15) is 5.82 Å². The van der Waals surface area contributed by atoms with Crippen LogP contribution < -0.4 is 5.32 Å². The smallest absolute Gasteiger partial charge is 0.125 e. The Morgan fingerprint density at radius 1 is 1.32 bits per heavy atom. The number of aryl methyl sites for hydroxylation is 1. The summed E-state index contributed by atoms with van der Waals surface area (Å²) >= 11 is 0. The minimum absolute atomic E-state index is 0.330. The van der Waals surface area contributed by atoms with Crippen LogP contribution in [-0.4, -0.2) is 15.6 Å². The molecule has 1 heterocycles. The predicted octanol–water partition coefficient (Wildman–Crippen LogP) is 3.53. The van der Waals surface area contributed by atoms with E-state index in [1.165, 1.54) is 19.3 Å². The summed E-state index contributed by atoms with van der Waals surface area (Å²) in [4.78, 5) is 4.47. The minimum Gasteiger partial charge on any atom is -0.337 e.